The Balaban J connectivity index is 3.26. The Kier molecular flexibility index (Phi) is 3.67. The fourth-order valence-electron chi connectivity index (χ4n) is 0.933. The van der Waals surface area contributed by atoms with Crippen molar-refractivity contribution in [1.29, 1.82) is 0 Å². The van der Waals surface area contributed by atoms with E-state index in [-0.39, 0.29) is 17.5 Å². The number of halogens is 3. The fourth-order valence-corrected chi connectivity index (χ4v) is 1.98. The molecule has 0 bridgehead atoms. The first-order valence-electron chi connectivity index (χ1n) is 3.61. The highest BCUT2D eigenvalue weighted by molar-refractivity contribution is 14.1. The lowest BCUT2D eigenvalue weighted by atomic mass is 10.1. The second-order valence-corrected chi connectivity index (χ2v) is 3.96. The summed E-state index contributed by atoms with van der Waals surface area (Å²) in [5, 5.41) is 0. The molecule has 0 heterocycles. The summed E-state index contributed by atoms with van der Waals surface area (Å²) < 4.78 is 13.6. The molecule has 0 fully saturated rings. The summed E-state index contributed by atoms with van der Waals surface area (Å²) in [6, 6.07) is 3.18. The SMILES string of the molecule is Cc1ccc(C(=O)CCl)c(I)c1F. The molecule has 0 aliphatic carbocycles. The maximum Gasteiger partial charge on any atom is 0.178 e. The van der Waals surface area contributed by atoms with Crippen molar-refractivity contribution in [2.45, 2.75) is 6.92 Å². The molecule has 1 nitrogen and oxygen atoms in total. The second kappa shape index (κ2) is 4.37. The van der Waals surface area contributed by atoms with Crippen molar-refractivity contribution in [2.75, 3.05) is 5.88 Å². The summed E-state index contributed by atoms with van der Waals surface area (Å²) in [5.41, 5.74) is 0.897. The predicted molar refractivity (Wildman–Crippen MR) is 58.9 cm³/mol. The molecule has 1 rings (SSSR count). The van der Waals surface area contributed by atoms with Crippen molar-refractivity contribution in [3.8, 4) is 0 Å². The summed E-state index contributed by atoms with van der Waals surface area (Å²) in [6.07, 6.45) is 0. The van der Waals surface area contributed by atoms with Gasteiger partial charge in [0.1, 0.15) is 5.82 Å². The summed E-state index contributed by atoms with van der Waals surface area (Å²) in [5.74, 6) is -0.695. The first-order valence-corrected chi connectivity index (χ1v) is 5.23. The predicted octanol–water partition coefficient (Wildman–Crippen LogP) is 3.16. The molecule has 0 aromatic heterocycles. The van der Waals surface area contributed by atoms with Crippen molar-refractivity contribution in [3.63, 3.8) is 0 Å². The van der Waals surface area contributed by atoms with Gasteiger partial charge in [-0.2, -0.15) is 0 Å². The normalized spacial score (nSPS) is 10.2. The van der Waals surface area contributed by atoms with E-state index in [0.29, 0.717) is 14.7 Å². The number of hydrogen-bond acceptors (Lipinski definition) is 1. The van der Waals surface area contributed by atoms with E-state index in [1.54, 1.807) is 19.1 Å². The minimum atomic E-state index is -0.337. The van der Waals surface area contributed by atoms with E-state index in [1.165, 1.54) is 0 Å². The van der Waals surface area contributed by atoms with Crippen molar-refractivity contribution in [3.05, 3.63) is 32.6 Å². The van der Waals surface area contributed by atoms with Gasteiger partial charge in [-0.15, -0.1) is 11.6 Å². The highest BCUT2D eigenvalue weighted by Crippen LogP contribution is 2.20. The van der Waals surface area contributed by atoms with Crippen LogP contribution in [-0.2, 0) is 0 Å². The maximum atomic E-state index is 13.3. The van der Waals surface area contributed by atoms with Gasteiger partial charge in [0.2, 0.25) is 0 Å². The van der Waals surface area contributed by atoms with Gasteiger partial charge in [0.15, 0.2) is 5.78 Å². The van der Waals surface area contributed by atoms with Crippen LogP contribution in [0.5, 0.6) is 0 Å². The molecule has 13 heavy (non-hydrogen) atoms. The lowest BCUT2D eigenvalue weighted by Gasteiger charge is -2.04. The van der Waals surface area contributed by atoms with Crippen molar-refractivity contribution in [2.24, 2.45) is 0 Å². The Labute approximate surface area is 94.4 Å². The topological polar surface area (TPSA) is 17.1 Å². The Morgan fingerprint density at radius 3 is 2.77 bits per heavy atom. The number of carbonyl (C=O) groups excluding carboxylic acids is 1. The van der Waals surface area contributed by atoms with Gasteiger partial charge in [-0.05, 0) is 41.1 Å². The van der Waals surface area contributed by atoms with Crippen LogP contribution < -0.4 is 0 Å². The number of benzene rings is 1. The monoisotopic (exact) mass is 312 g/mol. The number of alkyl halides is 1. The minimum absolute atomic E-state index is 0.113. The molecular weight excluding hydrogens is 305 g/mol. The zero-order chi connectivity index (χ0) is 10.0. The molecule has 0 spiro atoms. The van der Waals surface area contributed by atoms with Crippen LogP contribution in [0.1, 0.15) is 15.9 Å². The number of aryl methyl sites for hydroxylation is 1. The number of Topliss-reactive ketones (excluding diaryl/α,β-unsaturated/α-hetero) is 1. The number of hydrogen-bond donors (Lipinski definition) is 0. The molecule has 0 amide bonds. The van der Waals surface area contributed by atoms with Crippen LogP contribution in [0, 0.1) is 16.3 Å². The molecule has 0 saturated heterocycles. The van der Waals surface area contributed by atoms with Crippen molar-refractivity contribution in [1.82, 2.24) is 0 Å². The smallest absolute Gasteiger partial charge is 0.178 e. The standard InChI is InChI=1S/C9H7ClFIO/c1-5-2-3-6(7(13)4-10)9(12)8(5)11/h2-3H,4H2,1H3. The lowest BCUT2D eigenvalue weighted by Crippen LogP contribution is -2.05. The van der Waals surface area contributed by atoms with Crippen LogP contribution in [0.25, 0.3) is 0 Å². The third-order valence-corrected chi connectivity index (χ3v) is 2.99. The van der Waals surface area contributed by atoms with E-state index < -0.39 is 0 Å². The first kappa shape index (κ1) is 10.9. The van der Waals surface area contributed by atoms with E-state index in [9.17, 15) is 9.18 Å². The molecular formula is C9H7ClFIO. The van der Waals surface area contributed by atoms with E-state index in [1.807, 2.05) is 22.6 Å². The number of ketones is 1. The minimum Gasteiger partial charge on any atom is -0.293 e. The average molecular weight is 313 g/mol. The van der Waals surface area contributed by atoms with Crippen LogP contribution in [-0.4, -0.2) is 11.7 Å². The average Bonchev–Trinajstić information content (AvgIpc) is 2.13. The van der Waals surface area contributed by atoms with Gasteiger partial charge in [0.05, 0.1) is 9.45 Å². The van der Waals surface area contributed by atoms with Gasteiger partial charge >= 0.3 is 0 Å². The summed E-state index contributed by atoms with van der Waals surface area (Å²) >= 11 is 7.19. The van der Waals surface area contributed by atoms with Crippen molar-refractivity contribution >= 4 is 40.0 Å². The molecule has 0 saturated carbocycles. The molecule has 0 N–H and O–H groups in total. The van der Waals surface area contributed by atoms with Gasteiger partial charge in [0, 0.05) is 5.56 Å². The molecule has 4 heteroatoms. The van der Waals surface area contributed by atoms with Crippen LogP contribution >= 0.6 is 34.2 Å². The Bertz CT molecular complexity index is 352. The Morgan fingerprint density at radius 1 is 1.62 bits per heavy atom. The van der Waals surface area contributed by atoms with E-state index in [4.69, 9.17) is 11.6 Å². The number of rotatable bonds is 2. The van der Waals surface area contributed by atoms with E-state index >= 15 is 0 Å². The third kappa shape index (κ3) is 2.20. The van der Waals surface area contributed by atoms with Crippen LogP contribution in [0.4, 0.5) is 4.39 Å². The van der Waals surface area contributed by atoms with Gasteiger partial charge < -0.3 is 0 Å². The van der Waals surface area contributed by atoms with Gasteiger partial charge in [-0.3, -0.25) is 4.79 Å². The maximum absolute atomic E-state index is 13.3. The van der Waals surface area contributed by atoms with Crippen LogP contribution in [0.15, 0.2) is 12.1 Å². The molecule has 70 valence electrons. The van der Waals surface area contributed by atoms with Gasteiger partial charge in [-0.25, -0.2) is 4.39 Å². The van der Waals surface area contributed by atoms with E-state index in [0.717, 1.165) is 0 Å². The largest absolute Gasteiger partial charge is 0.293 e. The summed E-state index contributed by atoms with van der Waals surface area (Å²) in [6.45, 7) is 1.66. The molecule has 0 aliphatic heterocycles. The van der Waals surface area contributed by atoms with E-state index in [2.05, 4.69) is 0 Å². The quantitative estimate of drug-likeness (QED) is 0.466. The highest BCUT2D eigenvalue weighted by Gasteiger charge is 2.13. The fraction of sp³-hybridized carbons (Fsp3) is 0.222. The van der Waals surface area contributed by atoms with Gasteiger partial charge in [0.25, 0.3) is 0 Å². The van der Waals surface area contributed by atoms with Crippen LogP contribution in [0.3, 0.4) is 0 Å². The Morgan fingerprint density at radius 2 is 2.23 bits per heavy atom. The first-order chi connectivity index (χ1) is 6.07. The lowest BCUT2D eigenvalue weighted by molar-refractivity contribution is 0.101. The zero-order valence-electron chi connectivity index (χ0n) is 6.90. The zero-order valence-corrected chi connectivity index (χ0v) is 9.82. The molecule has 0 atom stereocenters. The summed E-state index contributed by atoms with van der Waals surface area (Å²) in [7, 11) is 0. The third-order valence-electron chi connectivity index (χ3n) is 1.70. The van der Waals surface area contributed by atoms with Gasteiger partial charge in [-0.1, -0.05) is 6.07 Å². The Hall–Kier alpha value is -0.160. The molecule has 0 unspecified atom stereocenters. The number of carbonyl (C=O) groups is 1. The van der Waals surface area contributed by atoms with Crippen LogP contribution in [0.2, 0.25) is 0 Å². The molecule has 0 radical (unpaired) electrons. The second-order valence-electron chi connectivity index (χ2n) is 2.61. The summed E-state index contributed by atoms with van der Waals surface area (Å²) in [4.78, 5) is 11.2. The molecule has 1 aromatic rings. The molecule has 0 aliphatic rings. The van der Waals surface area contributed by atoms with Crippen molar-refractivity contribution < 1.29 is 9.18 Å². The molecule has 1 aromatic carbocycles. The highest BCUT2D eigenvalue weighted by atomic mass is 127.